The van der Waals surface area contributed by atoms with Crippen molar-refractivity contribution in [3.63, 3.8) is 0 Å². The van der Waals surface area contributed by atoms with Gasteiger partial charge in [-0.15, -0.1) is 0 Å². The van der Waals surface area contributed by atoms with E-state index in [1.807, 2.05) is 13.8 Å². The third-order valence-electron chi connectivity index (χ3n) is 2.84. The molecule has 3 atom stereocenters. The van der Waals surface area contributed by atoms with Gasteiger partial charge in [0.05, 0.1) is 24.0 Å². The predicted molar refractivity (Wildman–Crippen MR) is 55.9 cm³/mol. The molecule has 1 fully saturated rings. The first kappa shape index (κ1) is 12.0. The van der Waals surface area contributed by atoms with E-state index in [0.717, 1.165) is 6.42 Å². The van der Waals surface area contributed by atoms with Gasteiger partial charge in [0.2, 0.25) is 5.91 Å². The maximum absolute atomic E-state index is 11.9. The van der Waals surface area contributed by atoms with Crippen LogP contribution in [0.4, 0.5) is 0 Å². The molecule has 4 nitrogen and oxygen atoms in total. The fourth-order valence-electron chi connectivity index (χ4n) is 1.88. The molecule has 1 aliphatic heterocycles. The molecule has 0 radical (unpaired) electrons. The van der Waals surface area contributed by atoms with E-state index in [0.29, 0.717) is 13.2 Å². The fourth-order valence-corrected chi connectivity index (χ4v) is 1.88. The van der Waals surface area contributed by atoms with Gasteiger partial charge in [-0.2, -0.15) is 5.26 Å². The number of amides is 1. The summed E-state index contributed by atoms with van der Waals surface area (Å²) in [5.74, 6) is -0.0421. The molecule has 0 aliphatic carbocycles. The maximum Gasteiger partial charge on any atom is 0.228 e. The Kier molecular flexibility index (Phi) is 4.10. The average Bonchev–Trinajstić information content (AvgIpc) is 2.63. The summed E-state index contributed by atoms with van der Waals surface area (Å²) in [5.41, 5.74) is 0. The van der Waals surface area contributed by atoms with Crippen LogP contribution in [0.15, 0.2) is 0 Å². The molecule has 1 aliphatic rings. The Morgan fingerprint density at radius 1 is 1.73 bits per heavy atom. The molecule has 0 aromatic heterocycles. The van der Waals surface area contributed by atoms with Gasteiger partial charge >= 0.3 is 0 Å². The molecule has 1 heterocycles. The monoisotopic (exact) mass is 210 g/mol. The number of rotatable bonds is 3. The van der Waals surface area contributed by atoms with E-state index < -0.39 is 0 Å². The lowest BCUT2D eigenvalue weighted by atomic mass is 10.0. The van der Waals surface area contributed by atoms with Gasteiger partial charge in [-0.25, -0.2) is 0 Å². The average molecular weight is 210 g/mol. The summed E-state index contributed by atoms with van der Waals surface area (Å²) in [6, 6.07) is 2.13. The smallest absolute Gasteiger partial charge is 0.228 e. The number of carbonyl (C=O) groups excluding carboxylic acids is 1. The van der Waals surface area contributed by atoms with Crippen molar-refractivity contribution >= 4 is 5.91 Å². The highest BCUT2D eigenvalue weighted by Crippen LogP contribution is 2.22. The molecule has 3 unspecified atom stereocenters. The fraction of sp³-hybridized carbons (Fsp3) is 0.818. The zero-order valence-electron chi connectivity index (χ0n) is 9.56. The first-order valence-corrected chi connectivity index (χ1v) is 5.32. The van der Waals surface area contributed by atoms with Gasteiger partial charge < -0.3 is 9.64 Å². The molecule has 84 valence electrons. The molecule has 0 bridgehead atoms. The van der Waals surface area contributed by atoms with E-state index in [9.17, 15) is 4.79 Å². The van der Waals surface area contributed by atoms with Gasteiger partial charge in [0.15, 0.2) is 0 Å². The third kappa shape index (κ3) is 2.93. The number of hydrogen-bond donors (Lipinski definition) is 0. The number of nitriles is 1. The summed E-state index contributed by atoms with van der Waals surface area (Å²) in [7, 11) is 1.75. The third-order valence-corrected chi connectivity index (χ3v) is 2.84. The number of carbonyl (C=O) groups is 1. The predicted octanol–water partition coefficient (Wildman–Crippen LogP) is 1.03. The van der Waals surface area contributed by atoms with E-state index in [1.54, 1.807) is 11.9 Å². The second-order valence-electron chi connectivity index (χ2n) is 4.22. The summed E-state index contributed by atoms with van der Waals surface area (Å²) >= 11 is 0. The molecule has 0 aromatic carbocycles. The molecule has 1 saturated heterocycles. The lowest BCUT2D eigenvalue weighted by Gasteiger charge is -2.23. The maximum atomic E-state index is 11.9. The SMILES string of the molecule is CC(C#N)CN(C)C(=O)C1CCOC1C. The van der Waals surface area contributed by atoms with E-state index in [4.69, 9.17) is 10.00 Å². The minimum absolute atomic E-state index is 0.0114. The highest BCUT2D eigenvalue weighted by molar-refractivity contribution is 5.79. The van der Waals surface area contributed by atoms with Gasteiger partial charge in [-0.3, -0.25) is 4.79 Å². The molecule has 0 aromatic rings. The summed E-state index contributed by atoms with van der Waals surface area (Å²) in [6.45, 7) is 4.91. The van der Waals surface area contributed by atoms with Gasteiger partial charge in [-0.05, 0) is 20.3 Å². The molecule has 0 spiro atoms. The van der Waals surface area contributed by atoms with Crippen LogP contribution in [0, 0.1) is 23.2 Å². The Hall–Kier alpha value is -1.08. The van der Waals surface area contributed by atoms with Crippen LogP contribution in [-0.4, -0.2) is 37.1 Å². The lowest BCUT2D eigenvalue weighted by Crippen LogP contribution is -2.38. The molecular formula is C11H18N2O2. The highest BCUT2D eigenvalue weighted by Gasteiger charge is 2.32. The van der Waals surface area contributed by atoms with Crippen molar-refractivity contribution in [2.24, 2.45) is 11.8 Å². The Morgan fingerprint density at radius 3 is 2.87 bits per heavy atom. The normalized spacial score (nSPS) is 27.1. The lowest BCUT2D eigenvalue weighted by molar-refractivity contribution is -0.135. The molecule has 4 heteroatoms. The number of hydrogen-bond acceptors (Lipinski definition) is 3. The van der Waals surface area contributed by atoms with Gasteiger partial charge in [-0.1, -0.05) is 0 Å². The first-order valence-electron chi connectivity index (χ1n) is 5.32. The highest BCUT2D eigenvalue weighted by atomic mass is 16.5. The van der Waals surface area contributed by atoms with Crippen LogP contribution >= 0.6 is 0 Å². The quantitative estimate of drug-likeness (QED) is 0.699. The van der Waals surface area contributed by atoms with Crippen molar-refractivity contribution in [2.75, 3.05) is 20.2 Å². The standard InChI is InChI=1S/C11H18N2O2/c1-8(6-12)7-13(3)11(14)10-4-5-15-9(10)2/h8-10H,4-5,7H2,1-3H3. The summed E-state index contributed by atoms with van der Waals surface area (Å²) < 4.78 is 5.36. The zero-order valence-corrected chi connectivity index (χ0v) is 9.56. The largest absolute Gasteiger partial charge is 0.378 e. The van der Waals surface area contributed by atoms with E-state index >= 15 is 0 Å². The minimum Gasteiger partial charge on any atom is -0.378 e. The Balaban J connectivity index is 2.49. The number of nitrogens with zero attached hydrogens (tertiary/aromatic N) is 2. The first-order chi connectivity index (χ1) is 7.06. The van der Waals surface area contributed by atoms with E-state index in [1.165, 1.54) is 0 Å². The molecule has 0 N–H and O–H groups in total. The number of ether oxygens (including phenoxy) is 1. The van der Waals surface area contributed by atoms with Crippen LogP contribution in [0.5, 0.6) is 0 Å². The van der Waals surface area contributed by atoms with Crippen molar-refractivity contribution in [2.45, 2.75) is 26.4 Å². The van der Waals surface area contributed by atoms with Crippen LogP contribution in [0.25, 0.3) is 0 Å². The van der Waals surface area contributed by atoms with E-state index in [2.05, 4.69) is 6.07 Å². The van der Waals surface area contributed by atoms with E-state index in [-0.39, 0.29) is 23.8 Å². The molecule has 0 saturated carbocycles. The zero-order chi connectivity index (χ0) is 11.4. The molecular weight excluding hydrogens is 192 g/mol. The van der Waals surface area contributed by atoms with Crippen LogP contribution < -0.4 is 0 Å². The second kappa shape index (κ2) is 5.13. The van der Waals surface area contributed by atoms with Gasteiger partial charge in [0.1, 0.15) is 0 Å². The summed E-state index contributed by atoms with van der Waals surface area (Å²) in [5, 5.41) is 8.67. The summed E-state index contributed by atoms with van der Waals surface area (Å²) in [4.78, 5) is 13.6. The topological polar surface area (TPSA) is 53.3 Å². The van der Waals surface area contributed by atoms with Gasteiger partial charge in [0, 0.05) is 20.2 Å². The second-order valence-corrected chi connectivity index (χ2v) is 4.22. The minimum atomic E-state index is -0.114. The van der Waals surface area contributed by atoms with Crippen LogP contribution in [-0.2, 0) is 9.53 Å². The van der Waals surface area contributed by atoms with Crippen molar-refractivity contribution in [3.8, 4) is 6.07 Å². The van der Waals surface area contributed by atoms with Crippen LogP contribution in [0.3, 0.4) is 0 Å². The van der Waals surface area contributed by atoms with Crippen molar-refractivity contribution in [1.82, 2.24) is 4.90 Å². The van der Waals surface area contributed by atoms with Crippen molar-refractivity contribution in [1.29, 1.82) is 5.26 Å². The Morgan fingerprint density at radius 2 is 2.40 bits per heavy atom. The van der Waals surface area contributed by atoms with Crippen molar-refractivity contribution in [3.05, 3.63) is 0 Å². The van der Waals surface area contributed by atoms with Crippen LogP contribution in [0.1, 0.15) is 20.3 Å². The van der Waals surface area contributed by atoms with Crippen molar-refractivity contribution < 1.29 is 9.53 Å². The summed E-state index contributed by atoms with van der Waals surface area (Å²) in [6.07, 6.45) is 0.808. The molecule has 1 rings (SSSR count). The molecule has 15 heavy (non-hydrogen) atoms. The molecule has 1 amide bonds. The van der Waals surface area contributed by atoms with Crippen LogP contribution in [0.2, 0.25) is 0 Å². The Labute approximate surface area is 90.8 Å². The Bertz CT molecular complexity index is 272. The van der Waals surface area contributed by atoms with Gasteiger partial charge in [0.25, 0.3) is 0 Å².